The summed E-state index contributed by atoms with van der Waals surface area (Å²) in [7, 11) is 1.97. The van der Waals surface area contributed by atoms with E-state index in [0.29, 0.717) is 5.11 Å². The molecular weight excluding hydrogens is 250 g/mol. The summed E-state index contributed by atoms with van der Waals surface area (Å²) in [5, 5.41) is 3.57. The number of rotatable bonds is 1. The van der Waals surface area contributed by atoms with E-state index in [1.807, 2.05) is 48.1 Å². The molecule has 0 saturated carbocycles. The second-order valence-electron chi connectivity index (χ2n) is 3.64. The monoisotopic (exact) mass is 263 g/mol. The minimum atomic E-state index is 0.480. The highest BCUT2D eigenvalue weighted by Crippen LogP contribution is 2.05. The molecule has 1 aromatic heterocycles. The highest BCUT2D eigenvalue weighted by Gasteiger charge is 1.97. The number of nitrogens with one attached hydrogen (secondary N) is 1. The number of hydrogen-bond donors (Lipinski definition) is 1. The van der Waals surface area contributed by atoms with Gasteiger partial charge in [-0.2, -0.15) is 4.99 Å². The van der Waals surface area contributed by atoms with Gasteiger partial charge in [-0.25, -0.2) is 0 Å². The smallest absolute Gasteiger partial charge is 0.199 e. The molecule has 0 unspecified atom stereocenters. The fraction of sp³-hybridized carbons (Fsp3) is 0.167. The van der Waals surface area contributed by atoms with E-state index in [-0.39, 0.29) is 0 Å². The number of anilines is 1. The van der Waals surface area contributed by atoms with Crippen LogP contribution < -0.4 is 10.1 Å². The SMILES string of the molecule is Cc1cn(C)c(=NC(=S)Nc2ccccc2)s1. The van der Waals surface area contributed by atoms with E-state index in [4.69, 9.17) is 12.2 Å². The molecule has 1 heterocycles. The van der Waals surface area contributed by atoms with Crippen molar-refractivity contribution < 1.29 is 0 Å². The van der Waals surface area contributed by atoms with Crippen molar-refractivity contribution in [1.29, 1.82) is 0 Å². The molecule has 17 heavy (non-hydrogen) atoms. The van der Waals surface area contributed by atoms with Crippen LogP contribution in [-0.4, -0.2) is 9.68 Å². The van der Waals surface area contributed by atoms with Crippen LogP contribution in [0.25, 0.3) is 0 Å². The Kier molecular flexibility index (Phi) is 3.71. The molecule has 0 saturated heterocycles. The maximum absolute atomic E-state index is 5.20. The molecule has 0 atom stereocenters. The third-order valence-corrected chi connectivity index (χ3v) is 3.33. The van der Waals surface area contributed by atoms with Crippen LogP contribution in [0, 0.1) is 6.92 Å². The van der Waals surface area contributed by atoms with Crippen LogP contribution in [0.4, 0.5) is 5.69 Å². The molecule has 0 aliphatic heterocycles. The van der Waals surface area contributed by atoms with Crippen molar-refractivity contribution in [2.24, 2.45) is 12.0 Å². The first kappa shape index (κ1) is 12.0. The standard InChI is InChI=1S/C12H13N3S2/c1-9-8-15(2)12(17-9)14-11(16)13-10-6-4-3-5-7-10/h3-8H,1-2H3,(H,13,16). The van der Waals surface area contributed by atoms with Gasteiger partial charge in [-0.15, -0.1) is 11.3 Å². The van der Waals surface area contributed by atoms with Crippen molar-refractivity contribution in [3.8, 4) is 0 Å². The number of aromatic nitrogens is 1. The van der Waals surface area contributed by atoms with Crippen LogP contribution in [-0.2, 0) is 7.05 Å². The molecule has 0 radical (unpaired) electrons. The first-order valence-corrected chi connectivity index (χ1v) is 6.41. The molecule has 0 bridgehead atoms. The Bertz CT molecular complexity index is 581. The second-order valence-corrected chi connectivity index (χ2v) is 5.24. The first-order chi connectivity index (χ1) is 8.15. The summed E-state index contributed by atoms with van der Waals surface area (Å²) in [6, 6.07) is 9.80. The Labute approximate surface area is 109 Å². The summed E-state index contributed by atoms with van der Waals surface area (Å²) < 4.78 is 1.97. The summed E-state index contributed by atoms with van der Waals surface area (Å²) in [5.74, 6) is 0. The maximum Gasteiger partial charge on any atom is 0.199 e. The quantitative estimate of drug-likeness (QED) is 0.802. The van der Waals surface area contributed by atoms with Crippen LogP contribution in [0.3, 0.4) is 0 Å². The van der Waals surface area contributed by atoms with E-state index >= 15 is 0 Å². The van der Waals surface area contributed by atoms with Gasteiger partial charge >= 0.3 is 0 Å². The Morgan fingerprint density at radius 1 is 1.35 bits per heavy atom. The van der Waals surface area contributed by atoms with E-state index in [2.05, 4.69) is 17.2 Å². The predicted octanol–water partition coefficient (Wildman–Crippen LogP) is 2.69. The highest BCUT2D eigenvalue weighted by atomic mass is 32.1. The number of aryl methyl sites for hydroxylation is 2. The van der Waals surface area contributed by atoms with Gasteiger partial charge in [0.25, 0.3) is 0 Å². The molecule has 88 valence electrons. The number of nitrogens with zero attached hydrogens (tertiary/aromatic N) is 2. The van der Waals surface area contributed by atoms with Crippen molar-refractivity contribution in [1.82, 2.24) is 4.57 Å². The number of thiazole rings is 1. The average Bonchev–Trinajstić information content (AvgIpc) is 2.58. The van der Waals surface area contributed by atoms with Gasteiger partial charge in [-0.05, 0) is 31.3 Å². The summed E-state index contributed by atoms with van der Waals surface area (Å²) in [4.78, 5) is 6.49. The molecule has 0 amide bonds. The minimum Gasteiger partial charge on any atom is -0.331 e. The number of para-hydroxylation sites is 1. The lowest BCUT2D eigenvalue weighted by atomic mass is 10.3. The van der Waals surface area contributed by atoms with Crippen molar-refractivity contribution in [3.05, 3.63) is 46.2 Å². The van der Waals surface area contributed by atoms with Crippen LogP contribution in [0.1, 0.15) is 4.88 Å². The van der Waals surface area contributed by atoms with Crippen molar-refractivity contribution in [2.45, 2.75) is 6.92 Å². The van der Waals surface area contributed by atoms with Crippen molar-refractivity contribution in [2.75, 3.05) is 5.32 Å². The molecule has 0 fully saturated rings. The molecule has 0 aliphatic carbocycles. The third kappa shape index (κ3) is 3.25. The van der Waals surface area contributed by atoms with Crippen LogP contribution in [0.15, 0.2) is 41.5 Å². The Morgan fingerprint density at radius 3 is 2.65 bits per heavy atom. The molecule has 3 nitrogen and oxygen atoms in total. The normalized spacial score (nSPS) is 11.5. The van der Waals surface area contributed by atoms with E-state index < -0.39 is 0 Å². The molecular formula is C12H13N3S2. The Balaban J connectivity index is 2.18. The fourth-order valence-corrected chi connectivity index (χ4v) is 2.53. The fourth-order valence-electron chi connectivity index (χ4n) is 1.43. The Morgan fingerprint density at radius 2 is 2.06 bits per heavy atom. The lowest BCUT2D eigenvalue weighted by molar-refractivity contribution is 0.874. The Hall–Kier alpha value is -1.46. The molecule has 0 spiro atoms. The highest BCUT2D eigenvalue weighted by molar-refractivity contribution is 7.80. The molecule has 2 aromatic rings. The van der Waals surface area contributed by atoms with Crippen LogP contribution in [0.5, 0.6) is 0 Å². The minimum absolute atomic E-state index is 0.480. The van der Waals surface area contributed by atoms with E-state index in [1.54, 1.807) is 11.3 Å². The lowest BCUT2D eigenvalue weighted by Gasteiger charge is -2.02. The van der Waals surface area contributed by atoms with Gasteiger partial charge in [0.05, 0.1) is 0 Å². The topological polar surface area (TPSA) is 29.3 Å². The summed E-state index contributed by atoms with van der Waals surface area (Å²) >= 11 is 6.82. The zero-order chi connectivity index (χ0) is 12.3. The van der Waals surface area contributed by atoms with Gasteiger partial charge in [0.2, 0.25) is 0 Å². The van der Waals surface area contributed by atoms with Crippen LogP contribution >= 0.6 is 23.6 Å². The van der Waals surface area contributed by atoms with E-state index in [0.717, 1.165) is 10.5 Å². The van der Waals surface area contributed by atoms with Gasteiger partial charge in [-0.1, -0.05) is 18.2 Å². The first-order valence-electron chi connectivity index (χ1n) is 5.19. The van der Waals surface area contributed by atoms with Crippen molar-refractivity contribution in [3.63, 3.8) is 0 Å². The van der Waals surface area contributed by atoms with E-state index in [9.17, 15) is 0 Å². The second kappa shape index (κ2) is 5.25. The summed E-state index contributed by atoms with van der Waals surface area (Å²) in [5.41, 5.74) is 0.956. The van der Waals surface area contributed by atoms with E-state index in [1.165, 1.54) is 4.88 Å². The largest absolute Gasteiger partial charge is 0.331 e. The molecule has 1 aromatic carbocycles. The van der Waals surface area contributed by atoms with Gasteiger partial charge in [0, 0.05) is 23.8 Å². The van der Waals surface area contributed by atoms with Gasteiger partial charge in [-0.3, -0.25) is 0 Å². The average molecular weight is 263 g/mol. The summed E-state index contributed by atoms with van der Waals surface area (Å²) in [6.07, 6.45) is 2.04. The predicted molar refractivity (Wildman–Crippen MR) is 76.3 cm³/mol. The number of hydrogen-bond acceptors (Lipinski definition) is 2. The molecule has 1 N–H and O–H groups in total. The third-order valence-electron chi connectivity index (χ3n) is 2.15. The zero-order valence-corrected chi connectivity index (χ0v) is 11.3. The van der Waals surface area contributed by atoms with Gasteiger partial charge in [0.15, 0.2) is 9.91 Å². The number of benzene rings is 1. The van der Waals surface area contributed by atoms with Gasteiger partial charge < -0.3 is 9.88 Å². The van der Waals surface area contributed by atoms with Crippen molar-refractivity contribution >= 4 is 34.4 Å². The zero-order valence-electron chi connectivity index (χ0n) is 9.68. The molecule has 2 rings (SSSR count). The van der Waals surface area contributed by atoms with Gasteiger partial charge in [0.1, 0.15) is 0 Å². The lowest BCUT2D eigenvalue weighted by Crippen LogP contribution is -2.15. The van der Waals surface area contributed by atoms with Crippen LogP contribution in [0.2, 0.25) is 0 Å². The maximum atomic E-state index is 5.20. The summed E-state index contributed by atoms with van der Waals surface area (Å²) in [6.45, 7) is 2.05. The molecule has 0 aliphatic rings. The number of thiocarbonyl (C=S) groups is 1. The molecule has 5 heteroatoms.